The minimum atomic E-state index is -5.12. The van der Waals surface area contributed by atoms with Crippen molar-refractivity contribution in [2.24, 2.45) is 0 Å². The van der Waals surface area contributed by atoms with Crippen LogP contribution < -0.4 is 0 Å². The molecule has 1 rings (SSSR count). The van der Waals surface area contributed by atoms with Crippen molar-refractivity contribution in [3.63, 3.8) is 0 Å². The Morgan fingerprint density at radius 3 is 2.50 bits per heavy atom. The number of halogens is 3. The summed E-state index contributed by atoms with van der Waals surface area (Å²) in [5, 5.41) is 12.6. The van der Waals surface area contributed by atoms with Crippen molar-refractivity contribution in [2.45, 2.75) is 31.5 Å². The van der Waals surface area contributed by atoms with E-state index in [1.54, 1.807) is 0 Å². The van der Waals surface area contributed by atoms with Gasteiger partial charge >= 0.3 is 18.2 Å². The Kier molecular flexibility index (Phi) is 6.03. The highest BCUT2D eigenvalue weighted by molar-refractivity contribution is 7.10. The first-order valence-corrected chi connectivity index (χ1v) is 7.00. The Morgan fingerprint density at radius 2 is 2.09 bits per heavy atom. The third-order valence-corrected chi connectivity index (χ3v) is 3.77. The van der Waals surface area contributed by atoms with Crippen molar-refractivity contribution in [3.8, 4) is 0 Å². The molecule has 1 aromatic rings. The summed E-state index contributed by atoms with van der Waals surface area (Å²) in [6, 6.07) is 0.743. The largest absolute Gasteiger partial charge is 0.461 e. The summed E-state index contributed by atoms with van der Waals surface area (Å²) in [5.74, 6) is -4.91. The van der Waals surface area contributed by atoms with Crippen molar-refractivity contribution in [2.75, 3.05) is 6.61 Å². The van der Waals surface area contributed by atoms with E-state index in [4.69, 9.17) is 0 Å². The molecule has 2 atom stereocenters. The Labute approximate surface area is 127 Å². The van der Waals surface area contributed by atoms with Crippen LogP contribution in [0.15, 0.2) is 17.5 Å². The molecule has 0 aliphatic carbocycles. The summed E-state index contributed by atoms with van der Waals surface area (Å²) in [6.07, 6.45) is -6.31. The molecule has 0 spiro atoms. The molecular formula is C12H12F3NO5S. The molecule has 0 saturated carbocycles. The third-order valence-electron chi connectivity index (χ3n) is 2.77. The molecule has 0 aromatic carbocycles. The third kappa shape index (κ3) is 4.52. The normalized spacial score (nSPS) is 14.2. The Hall–Kier alpha value is -1.97. The lowest BCUT2D eigenvalue weighted by atomic mass is 9.92. The second-order valence-corrected chi connectivity index (χ2v) is 5.21. The Bertz CT molecular complexity index is 543. The lowest BCUT2D eigenvalue weighted by Crippen LogP contribution is -2.39. The lowest BCUT2D eigenvalue weighted by Gasteiger charge is -2.18. The zero-order valence-corrected chi connectivity index (χ0v) is 12.1. The fourth-order valence-corrected chi connectivity index (χ4v) is 2.67. The number of thiophene rings is 1. The molecule has 122 valence electrons. The van der Waals surface area contributed by atoms with E-state index in [9.17, 15) is 32.9 Å². The molecule has 10 heteroatoms. The van der Waals surface area contributed by atoms with E-state index in [1.807, 2.05) is 0 Å². The van der Waals surface area contributed by atoms with Crippen LogP contribution in [0.25, 0.3) is 0 Å². The van der Waals surface area contributed by atoms with Gasteiger partial charge in [-0.05, 0) is 18.4 Å². The molecule has 2 unspecified atom stereocenters. The molecular weight excluding hydrogens is 327 g/mol. The Balaban J connectivity index is 3.15. The molecule has 22 heavy (non-hydrogen) atoms. The molecule has 6 nitrogen and oxygen atoms in total. The monoisotopic (exact) mass is 339 g/mol. The van der Waals surface area contributed by atoms with Gasteiger partial charge in [-0.3, -0.25) is 14.9 Å². The van der Waals surface area contributed by atoms with Crippen molar-refractivity contribution < 1.29 is 32.4 Å². The van der Waals surface area contributed by atoms with Crippen LogP contribution in [0, 0.1) is 10.1 Å². The highest BCUT2D eigenvalue weighted by Crippen LogP contribution is 2.33. The Morgan fingerprint density at radius 1 is 1.45 bits per heavy atom. The van der Waals surface area contributed by atoms with Crippen molar-refractivity contribution in [1.82, 2.24) is 0 Å². The number of nitrogens with zero attached hydrogens (tertiary/aromatic N) is 1. The van der Waals surface area contributed by atoms with Gasteiger partial charge < -0.3 is 4.74 Å². The van der Waals surface area contributed by atoms with E-state index in [2.05, 4.69) is 4.74 Å². The van der Waals surface area contributed by atoms with E-state index in [1.165, 1.54) is 24.4 Å². The first kappa shape index (κ1) is 18.1. The van der Waals surface area contributed by atoms with E-state index >= 15 is 0 Å². The first-order valence-electron chi connectivity index (χ1n) is 6.12. The van der Waals surface area contributed by atoms with Crippen molar-refractivity contribution >= 4 is 23.1 Å². The molecule has 0 saturated heterocycles. The van der Waals surface area contributed by atoms with Gasteiger partial charge in [0.1, 0.15) is 0 Å². The number of hydrogen-bond donors (Lipinski definition) is 0. The van der Waals surface area contributed by atoms with E-state index < -0.39 is 41.2 Å². The summed E-state index contributed by atoms with van der Waals surface area (Å²) in [4.78, 5) is 33.1. The molecule has 1 heterocycles. The standard InChI is InChI=1S/C12H12F3NO5S/c1-2-21-11(18)10(16(19)20)7(8-4-3-5-22-8)6-9(17)12(13,14)15/h3-5,7,10H,2,6H2,1H3. The van der Waals surface area contributed by atoms with Gasteiger partial charge in [-0.1, -0.05) is 6.07 Å². The summed E-state index contributed by atoms with van der Waals surface area (Å²) >= 11 is 0.933. The summed E-state index contributed by atoms with van der Waals surface area (Å²) < 4.78 is 41.8. The van der Waals surface area contributed by atoms with Crippen LogP contribution in [-0.4, -0.2) is 35.5 Å². The van der Waals surface area contributed by atoms with Gasteiger partial charge in [0, 0.05) is 16.2 Å². The molecule has 0 radical (unpaired) electrons. The lowest BCUT2D eigenvalue weighted by molar-refractivity contribution is -0.514. The predicted octanol–water partition coefficient (Wildman–Crippen LogP) is 2.56. The molecule has 1 aromatic heterocycles. The second kappa shape index (κ2) is 7.34. The van der Waals surface area contributed by atoms with Gasteiger partial charge in [-0.2, -0.15) is 13.2 Å². The fourth-order valence-electron chi connectivity index (χ4n) is 1.81. The molecule has 0 aliphatic heterocycles. The molecule has 0 N–H and O–H groups in total. The van der Waals surface area contributed by atoms with Crippen LogP contribution in [0.4, 0.5) is 13.2 Å². The molecule has 0 aliphatic rings. The highest BCUT2D eigenvalue weighted by atomic mass is 32.1. The van der Waals surface area contributed by atoms with Gasteiger partial charge in [0.15, 0.2) is 0 Å². The first-order chi connectivity index (χ1) is 10.2. The number of Topliss-reactive ketones (excluding diaryl/α,β-unsaturated/α-hetero) is 1. The average Bonchev–Trinajstić information content (AvgIpc) is 2.90. The van der Waals surface area contributed by atoms with Gasteiger partial charge in [0.2, 0.25) is 5.78 Å². The number of ketones is 1. The maximum absolute atomic E-state index is 12.4. The van der Waals surface area contributed by atoms with E-state index in [0.717, 1.165) is 11.3 Å². The quantitative estimate of drug-likeness (QED) is 0.433. The molecule has 0 amide bonds. The number of carbonyl (C=O) groups is 2. The SMILES string of the molecule is CCOC(=O)C(C(CC(=O)C(F)(F)F)c1cccs1)[N+](=O)[O-]. The van der Waals surface area contributed by atoms with Gasteiger partial charge in [0.25, 0.3) is 0 Å². The smallest absolute Gasteiger partial charge is 0.449 e. The van der Waals surface area contributed by atoms with Crippen molar-refractivity contribution in [3.05, 3.63) is 32.5 Å². The van der Waals surface area contributed by atoms with Crippen LogP contribution in [0.2, 0.25) is 0 Å². The number of nitro groups is 1. The summed E-state index contributed by atoms with van der Waals surface area (Å²) in [7, 11) is 0. The number of hydrogen-bond acceptors (Lipinski definition) is 6. The van der Waals surface area contributed by atoms with Crippen LogP contribution in [0.5, 0.6) is 0 Å². The zero-order chi connectivity index (χ0) is 16.9. The summed E-state index contributed by atoms with van der Waals surface area (Å²) in [5.41, 5.74) is 0. The number of ether oxygens (including phenoxy) is 1. The highest BCUT2D eigenvalue weighted by Gasteiger charge is 2.47. The number of carbonyl (C=O) groups excluding carboxylic acids is 2. The summed E-state index contributed by atoms with van der Waals surface area (Å²) in [6.45, 7) is 1.25. The topological polar surface area (TPSA) is 86.5 Å². The van der Waals surface area contributed by atoms with E-state index in [-0.39, 0.29) is 11.5 Å². The maximum atomic E-state index is 12.4. The van der Waals surface area contributed by atoms with Gasteiger partial charge in [0.05, 0.1) is 12.5 Å². The molecule has 0 bridgehead atoms. The van der Waals surface area contributed by atoms with Gasteiger partial charge in [-0.25, -0.2) is 4.79 Å². The zero-order valence-electron chi connectivity index (χ0n) is 11.3. The number of alkyl halides is 3. The predicted molar refractivity (Wildman–Crippen MR) is 70.2 cm³/mol. The number of esters is 1. The fraction of sp³-hybridized carbons (Fsp3) is 0.500. The van der Waals surface area contributed by atoms with Gasteiger partial charge in [-0.15, -0.1) is 11.3 Å². The number of rotatable bonds is 7. The van der Waals surface area contributed by atoms with Crippen LogP contribution >= 0.6 is 11.3 Å². The minimum absolute atomic E-state index is 0.146. The van der Waals surface area contributed by atoms with Crippen LogP contribution in [0.1, 0.15) is 24.1 Å². The minimum Gasteiger partial charge on any atom is -0.461 e. The van der Waals surface area contributed by atoms with Crippen molar-refractivity contribution in [1.29, 1.82) is 0 Å². The average molecular weight is 339 g/mol. The molecule has 0 fully saturated rings. The van der Waals surface area contributed by atoms with Crippen LogP contribution in [-0.2, 0) is 14.3 Å². The van der Waals surface area contributed by atoms with E-state index in [0.29, 0.717) is 0 Å². The maximum Gasteiger partial charge on any atom is 0.449 e. The van der Waals surface area contributed by atoms with Crippen LogP contribution in [0.3, 0.4) is 0 Å². The second-order valence-electron chi connectivity index (χ2n) is 4.23.